The lowest BCUT2D eigenvalue weighted by Crippen LogP contribution is -2.22. The number of thiophene rings is 1. The summed E-state index contributed by atoms with van der Waals surface area (Å²) in [6, 6.07) is 7.93. The maximum Gasteiger partial charge on any atom is 0.263 e. The Hall–Kier alpha value is -2.71. The van der Waals surface area contributed by atoms with Gasteiger partial charge in [-0.15, -0.1) is 17.9 Å². The third-order valence-corrected chi connectivity index (χ3v) is 6.74. The first-order valence-electron chi connectivity index (χ1n) is 9.11. The first kappa shape index (κ1) is 19.6. The van der Waals surface area contributed by atoms with E-state index in [2.05, 4.69) is 16.7 Å². The molecule has 0 radical (unpaired) electrons. The molecule has 8 heteroatoms. The van der Waals surface area contributed by atoms with Crippen molar-refractivity contribution in [3.05, 3.63) is 69.1 Å². The van der Waals surface area contributed by atoms with Crippen LogP contribution in [0.25, 0.3) is 21.7 Å². The molecule has 0 saturated heterocycles. The summed E-state index contributed by atoms with van der Waals surface area (Å²) in [5.74, 6) is 1.49. The maximum atomic E-state index is 13.0. The molecule has 0 aliphatic heterocycles. The van der Waals surface area contributed by atoms with E-state index in [1.54, 1.807) is 22.0 Å². The van der Waals surface area contributed by atoms with Crippen molar-refractivity contribution in [2.24, 2.45) is 0 Å². The fraction of sp³-hybridized carbons (Fsp3) is 0.238. The molecule has 0 atom stereocenters. The van der Waals surface area contributed by atoms with Crippen molar-refractivity contribution in [1.82, 2.24) is 19.7 Å². The van der Waals surface area contributed by atoms with Gasteiger partial charge in [-0.25, -0.2) is 4.98 Å². The molecule has 0 amide bonds. The van der Waals surface area contributed by atoms with Crippen LogP contribution in [-0.2, 0) is 12.3 Å². The van der Waals surface area contributed by atoms with Crippen molar-refractivity contribution in [3.63, 3.8) is 0 Å². The van der Waals surface area contributed by atoms with E-state index in [1.165, 1.54) is 17.3 Å². The van der Waals surface area contributed by atoms with E-state index in [4.69, 9.17) is 9.51 Å². The maximum absolute atomic E-state index is 13.0. The van der Waals surface area contributed by atoms with Crippen LogP contribution >= 0.6 is 23.1 Å². The molecule has 4 aromatic rings. The van der Waals surface area contributed by atoms with Gasteiger partial charge in [0.2, 0.25) is 0 Å². The third-order valence-electron chi connectivity index (χ3n) is 4.66. The summed E-state index contributed by atoms with van der Waals surface area (Å²) in [6.45, 7) is 10.2. The Labute approximate surface area is 176 Å². The highest BCUT2D eigenvalue weighted by atomic mass is 32.2. The van der Waals surface area contributed by atoms with E-state index in [-0.39, 0.29) is 5.56 Å². The molecular formula is C21H20N4O2S2. The first-order chi connectivity index (χ1) is 14.0. The van der Waals surface area contributed by atoms with Crippen molar-refractivity contribution in [1.29, 1.82) is 0 Å². The Morgan fingerprint density at radius 3 is 2.69 bits per heavy atom. The average molecular weight is 425 g/mol. The predicted octanol–water partition coefficient (Wildman–Crippen LogP) is 4.91. The van der Waals surface area contributed by atoms with Gasteiger partial charge >= 0.3 is 0 Å². The molecule has 0 fully saturated rings. The molecule has 0 spiro atoms. The molecular weight excluding hydrogens is 404 g/mol. The van der Waals surface area contributed by atoms with E-state index >= 15 is 0 Å². The molecule has 3 aromatic heterocycles. The van der Waals surface area contributed by atoms with Crippen LogP contribution in [0.4, 0.5) is 0 Å². The van der Waals surface area contributed by atoms with Gasteiger partial charge in [-0.05, 0) is 38.5 Å². The Kier molecular flexibility index (Phi) is 5.38. The molecule has 0 bridgehead atoms. The fourth-order valence-corrected chi connectivity index (χ4v) is 4.89. The van der Waals surface area contributed by atoms with Gasteiger partial charge in [-0.3, -0.25) is 9.36 Å². The Morgan fingerprint density at radius 2 is 1.97 bits per heavy atom. The average Bonchev–Trinajstić information content (AvgIpc) is 3.28. The van der Waals surface area contributed by atoms with Crippen LogP contribution in [-0.4, -0.2) is 19.7 Å². The van der Waals surface area contributed by atoms with Gasteiger partial charge in [0.05, 0.1) is 11.1 Å². The minimum Gasteiger partial charge on any atom is -0.334 e. The van der Waals surface area contributed by atoms with E-state index in [1.807, 2.05) is 45.0 Å². The van der Waals surface area contributed by atoms with Crippen molar-refractivity contribution >= 4 is 33.3 Å². The van der Waals surface area contributed by atoms with Crippen LogP contribution in [0.1, 0.15) is 21.8 Å². The van der Waals surface area contributed by atoms with Crippen LogP contribution < -0.4 is 5.56 Å². The van der Waals surface area contributed by atoms with Gasteiger partial charge < -0.3 is 4.52 Å². The summed E-state index contributed by atoms with van der Waals surface area (Å²) in [5.41, 5.74) is 3.02. The van der Waals surface area contributed by atoms with Crippen molar-refractivity contribution in [2.45, 2.75) is 38.2 Å². The lowest BCUT2D eigenvalue weighted by molar-refractivity contribution is 0.425. The largest absolute Gasteiger partial charge is 0.334 e. The zero-order valence-electron chi connectivity index (χ0n) is 16.4. The third kappa shape index (κ3) is 3.77. The topological polar surface area (TPSA) is 73.8 Å². The second kappa shape index (κ2) is 7.96. The molecule has 3 heterocycles. The summed E-state index contributed by atoms with van der Waals surface area (Å²) < 4.78 is 7.05. The summed E-state index contributed by atoms with van der Waals surface area (Å²) >= 11 is 2.97. The van der Waals surface area contributed by atoms with Crippen molar-refractivity contribution in [3.8, 4) is 11.5 Å². The first-order valence-corrected chi connectivity index (χ1v) is 10.9. The normalized spacial score (nSPS) is 11.3. The molecule has 148 valence electrons. The number of benzene rings is 1. The quantitative estimate of drug-likeness (QED) is 0.249. The number of thioether (sulfide) groups is 1. The van der Waals surface area contributed by atoms with Crippen LogP contribution in [0.5, 0.6) is 0 Å². The molecule has 0 saturated carbocycles. The highest BCUT2D eigenvalue weighted by Crippen LogP contribution is 2.29. The standard InChI is InChI=1S/C21H20N4O2S2/c1-5-10-25-20(26)17-13(3)14(4)29-19(17)23-21(25)28-11-16-22-18(27-24-16)15-8-6-12(2)7-9-15/h5-9H,1,10-11H2,2-4H3. The number of aryl methyl sites for hydroxylation is 3. The van der Waals surface area contributed by atoms with E-state index in [9.17, 15) is 4.79 Å². The smallest absolute Gasteiger partial charge is 0.263 e. The monoisotopic (exact) mass is 424 g/mol. The highest BCUT2D eigenvalue weighted by Gasteiger charge is 2.17. The lowest BCUT2D eigenvalue weighted by atomic mass is 10.1. The van der Waals surface area contributed by atoms with Crippen LogP contribution in [0, 0.1) is 20.8 Å². The highest BCUT2D eigenvalue weighted by molar-refractivity contribution is 7.98. The van der Waals surface area contributed by atoms with Gasteiger partial charge in [0, 0.05) is 17.0 Å². The van der Waals surface area contributed by atoms with Gasteiger partial charge in [0.15, 0.2) is 11.0 Å². The number of fused-ring (bicyclic) bond motifs is 1. The Morgan fingerprint density at radius 1 is 1.21 bits per heavy atom. The number of hydrogen-bond donors (Lipinski definition) is 0. The number of rotatable bonds is 6. The molecule has 0 unspecified atom stereocenters. The number of aromatic nitrogens is 4. The van der Waals surface area contributed by atoms with Gasteiger partial charge in [0.25, 0.3) is 11.4 Å². The zero-order valence-corrected chi connectivity index (χ0v) is 18.1. The van der Waals surface area contributed by atoms with Crippen molar-refractivity contribution in [2.75, 3.05) is 0 Å². The minimum atomic E-state index is -0.0345. The van der Waals surface area contributed by atoms with Gasteiger partial charge in [-0.2, -0.15) is 4.98 Å². The molecule has 0 aliphatic carbocycles. The van der Waals surface area contributed by atoms with Crippen LogP contribution in [0.15, 0.2) is 51.4 Å². The minimum absolute atomic E-state index is 0.0345. The van der Waals surface area contributed by atoms with Crippen LogP contribution in [0.2, 0.25) is 0 Å². The molecule has 0 aliphatic rings. The zero-order chi connectivity index (χ0) is 20.5. The van der Waals surface area contributed by atoms with Gasteiger partial charge in [-0.1, -0.05) is 40.7 Å². The number of allylic oxidation sites excluding steroid dienone is 1. The predicted molar refractivity (Wildman–Crippen MR) is 118 cm³/mol. The number of nitrogens with zero attached hydrogens (tertiary/aromatic N) is 4. The number of hydrogen-bond acceptors (Lipinski definition) is 7. The molecule has 6 nitrogen and oxygen atoms in total. The van der Waals surface area contributed by atoms with E-state index in [0.717, 1.165) is 20.8 Å². The molecule has 4 rings (SSSR count). The second-order valence-corrected chi connectivity index (χ2v) is 8.88. The lowest BCUT2D eigenvalue weighted by Gasteiger charge is -2.09. The Bertz CT molecular complexity index is 1250. The summed E-state index contributed by atoms with van der Waals surface area (Å²) in [4.78, 5) is 24.1. The van der Waals surface area contributed by atoms with Gasteiger partial charge in [0.1, 0.15) is 4.83 Å². The van der Waals surface area contributed by atoms with E-state index in [0.29, 0.717) is 34.6 Å². The summed E-state index contributed by atoms with van der Waals surface area (Å²) in [7, 11) is 0. The molecule has 1 aromatic carbocycles. The second-order valence-electron chi connectivity index (χ2n) is 6.73. The molecule has 0 N–H and O–H groups in total. The van der Waals surface area contributed by atoms with E-state index < -0.39 is 0 Å². The van der Waals surface area contributed by atoms with Crippen molar-refractivity contribution < 1.29 is 4.52 Å². The Balaban J connectivity index is 1.63. The fourth-order valence-electron chi connectivity index (χ4n) is 2.96. The van der Waals surface area contributed by atoms with Crippen LogP contribution in [0.3, 0.4) is 0 Å². The SMILES string of the molecule is C=CCn1c(SCc2noc(-c3ccc(C)cc3)n2)nc2sc(C)c(C)c2c1=O. The summed E-state index contributed by atoms with van der Waals surface area (Å²) in [5, 5.41) is 5.39. The molecule has 29 heavy (non-hydrogen) atoms. The summed E-state index contributed by atoms with van der Waals surface area (Å²) in [6.07, 6.45) is 1.71.